The number of halogens is 3. The molecule has 1 unspecified atom stereocenters. The van der Waals surface area contributed by atoms with Gasteiger partial charge in [0.25, 0.3) is 0 Å². The summed E-state index contributed by atoms with van der Waals surface area (Å²) in [6, 6.07) is 0. The quantitative estimate of drug-likeness (QED) is 0.772. The zero-order valence-electron chi connectivity index (χ0n) is 9.54. The van der Waals surface area contributed by atoms with Gasteiger partial charge in [0.2, 0.25) is 0 Å². The maximum Gasteiger partial charge on any atom is 0.522 e. The van der Waals surface area contributed by atoms with Crippen LogP contribution in [0.25, 0.3) is 0 Å². The summed E-state index contributed by atoms with van der Waals surface area (Å²) in [6.07, 6.45) is -1.39. The Kier molecular flexibility index (Phi) is 4.27. The van der Waals surface area contributed by atoms with E-state index in [1.807, 2.05) is 0 Å². The minimum Gasteiger partial charge on any atom is -0.376 e. The molecule has 2 rings (SSSR count). The minimum atomic E-state index is -4.53. The molecule has 0 aromatic rings. The van der Waals surface area contributed by atoms with Gasteiger partial charge >= 0.3 is 6.36 Å². The Labute approximate surface area is 98.2 Å². The highest BCUT2D eigenvalue weighted by Gasteiger charge is 2.40. The van der Waals surface area contributed by atoms with Crippen molar-refractivity contribution >= 4 is 0 Å². The molecule has 3 nitrogen and oxygen atoms in total. The lowest BCUT2D eigenvalue weighted by atomic mass is 9.92. The van der Waals surface area contributed by atoms with Gasteiger partial charge < -0.3 is 9.47 Å². The van der Waals surface area contributed by atoms with Gasteiger partial charge in [-0.25, -0.2) is 0 Å². The molecule has 1 aliphatic heterocycles. The molecule has 0 radical (unpaired) electrons. The molecule has 1 heterocycles. The third kappa shape index (κ3) is 4.44. The summed E-state index contributed by atoms with van der Waals surface area (Å²) in [4.78, 5) is 0. The van der Waals surface area contributed by atoms with E-state index in [0.29, 0.717) is 19.4 Å². The molecule has 1 saturated carbocycles. The monoisotopic (exact) mass is 254 g/mol. The fourth-order valence-corrected chi connectivity index (χ4v) is 2.12. The van der Waals surface area contributed by atoms with Gasteiger partial charge in [0, 0.05) is 19.4 Å². The van der Waals surface area contributed by atoms with Gasteiger partial charge in [0.1, 0.15) is 0 Å². The van der Waals surface area contributed by atoms with E-state index in [1.54, 1.807) is 0 Å². The number of hydrogen-bond donors (Lipinski definition) is 0. The fourth-order valence-electron chi connectivity index (χ4n) is 2.12. The number of hydrogen-bond acceptors (Lipinski definition) is 3. The molecule has 0 aromatic heterocycles. The van der Waals surface area contributed by atoms with Crippen LogP contribution < -0.4 is 0 Å². The maximum atomic E-state index is 11.8. The second-order valence-corrected chi connectivity index (χ2v) is 4.60. The highest BCUT2D eigenvalue weighted by molar-refractivity contribution is 4.82. The van der Waals surface area contributed by atoms with Gasteiger partial charge in [0.15, 0.2) is 0 Å². The summed E-state index contributed by atoms with van der Waals surface area (Å²) in [5, 5.41) is 0. The van der Waals surface area contributed by atoms with E-state index in [4.69, 9.17) is 9.47 Å². The molecule has 0 bridgehead atoms. The molecule has 1 saturated heterocycles. The van der Waals surface area contributed by atoms with Gasteiger partial charge in [0.05, 0.1) is 24.9 Å². The lowest BCUT2D eigenvalue weighted by Gasteiger charge is -2.36. The molecule has 2 fully saturated rings. The lowest BCUT2D eigenvalue weighted by Crippen LogP contribution is -2.42. The Morgan fingerprint density at radius 3 is 2.47 bits per heavy atom. The normalized spacial score (nSPS) is 34.4. The summed E-state index contributed by atoms with van der Waals surface area (Å²) in [5.41, 5.74) is 0. The van der Waals surface area contributed by atoms with E-state index in [9.17, 15) is 13.2 Å². The predicted molar refractivity (Wildman–Crippen MR) is 53.5 cm³/mol. The van der Waals surface area contributed by atoms with Crippen molar-refractivity contribution in [2.24, 2.45) is 0 Å². The van der Waals surface area contributed by atoms with Crippen molar-refractivity contribution in [1.82, 2.24) is 0 Å². The van der Waals surface area contributed by atoms with E-state index in [-0.39, 0.29) is 12.2 Å². The molecule has 0 aromatic carbocycles. The fraction of sp³-hybridized carbons (Fsp3) is 1.00. The largest absolute Gasteiger partial charge is 0.522 e. The molecule has 2 aliphatic rings. The molecule has 0 amide bonds. The van der Waals surface area contributed by atoms with Crippen LogP contribution in [0.15, 0.2) is 0 Å². The highest BCUT2D eigenvalue weighted by atomic mass is 19.4. The SMILES string of the molecule is FC(F)(F)OC1CC(OCC2CCCCO2)C1. The van der Waals surface area contributed by atoms with Crippen LogP contribution in [0.5, 0.6) is 0 Å². The first-order valence-corrected chi connectivity index (χ1v) is 6.01. The molecular weight excluding hydrogens is 237 g/mol. The highest BCUT2D eigenvalue weighted by Crippen LogP contribution is 2.32. The average Bonchev–Trinajstić information content (AvgIpc) is 2.21. The first kappa shape index (κ1) is 13.1. The Hall–Kier alpha value is -0.330. The summed E-state index contributed by atoms with van der Waals surface area (Å²) in [5.74, 6) is 0. The second kappa shape index (κ2) is 5.54. The van der Waals surface area contributed by atoms with Crippen LogP contribution >= 0.6 is 0 Å². The Morgan fingerprint density at radius 1 is 1.12 bits per heavy atom. The molecule has 0 spiro atoms. The average molecular weight is 254 g/mol. The van der Waals surface area contributed by atoms with E-state index in [1.165, 1.54) is 0 Å². The first-order valence-electron chi connectivity index (χ1n) is 6.01. The topological polar surface area (TPSA) is 27.7 Å². The third-order valence-electron chi connectivity index (χ3n) is 3.14. The van der Waals surface area contributed by atoms with E-state index in [2.05, 4.69) is 4.74 Å². The molecule has 100 valence electrons. The van der Waals surface area contributed by atoms with E-state index in [0.717, 1.165) is 25.9 Å². The first-order chi connectivity index (χ1) is 8.03. The zero-order valence-corrected chi connectivity index (χ0v) is 9.54. The Bertz CT molecular complexity index is 233. The lowest BCUT2D eigenvalue weighted by molar-refractivity contribution is -0.357. The van der Waals surface area contributed by atoms with Crippen LogP contribution in [-0.4, -0.2) is 37.9 Å². The van der Waals surface area contributed by atoms with Crippen LogP contribution in [0.1, 0.15) is 32.1 Å². The van der Waals surface area contributed by atoms with Crippen LogP contribution in [-0.2, 0) is 14.2 Å². The van der Waals surface area contributed by atoms with Crippen LogP contribution in [0.2, 0.25) is 0 Å². The van der Waals surface area contributed by atoms with Crippen molar-refractivity contribution in [3.05, 3.63) is 0 Å². The standard InChI is InChI=1S/C11H17F3O3/c12-11(13,14)17-10-5-9(6-10)16-7-8-3-1-2-4-15-8/h8-10H,1-7H2. The summed E-state index contributed by atoms with van der Waals surface area (Å²) in [6.45, 7) is 1.25. The molecule has 1 atom stereocenters. The molecule has 6 heteroatoms. The van der Waals surface area contributed by atoms with Crippen LogP contribution in [0.4, 0.5) is 13.2 Å². The number of alkyl halides is 3. The Balaban J connectivity index is 1.55. The zero-order chi connectivity index (χ0) is 12.3. The van der Waals surface area contributed by atoms with Crippen molar-refractivity contribution in [1.29, 1.82) is 0 Å². The maximum absolute atomic E-state index is 11.8. The predicted octanol–water partition coefficient (Wildman–Crippen LogP) is 2.64. The summed E-state index contributed by atoms with van der Waals surface area (Å²) in [7, 11) is 0. The molecule has 17 heavy (non-hydrogen) atoms. The van der Waals surface area contributed by atoms with Gasteiger partial charge in [-0.15, -0.1) is 13.2 Å². The summed E-state index contributed by atoms with van der Waals surface area (Å²) < 4.78 is 50.4. The van der Waals surface area contributed by atoms with Crippen molar-refractivity contribution in [2.75, 3.05) is 13.2 Å². The van der Waals surface area contributed by atoms with Crippen molar-refractivity contribution in [2.45, 2.75) is 56.8 Å². The van der Waals surface area contributed by atoms with Crippen molar-refractivity contribution in [3.8, 4) is 0 Å². The van der Waals surface area contributed by atoms with Crippen LogP contribution in [0.3, 0.4) is 0 Å². The number of ether oxygens (including phenoxy) is 3. The summed E-state index contributed by atoms with van der Waals surface area (Å²) >= 11 is 0. The molecule has 1 aliphatic carbocycles. The Morgan fingerprint density at radius 2 is 1.88 bits per heavy atom. The van der Waals surface area contributed by atoms with Gasteiger partial charge in [-0.05, 0) is 19.3 Å². The van der Waals surface area contributed by atoms with Crippen LogP contribution in [0, 0.1) is 0 Å². The van der Waals surface area contributed by atoms with Gasteiger partial charge in [-0.2, -0.15) is 0 Å². The number of rotatable bonds is 4. The molecular formula is C11H17F3O3. The third-order valence-corrected chi connectivity index (χ3v) is 3.14. The van der Waals surface area contributed by atoms with Crippen molar-refractivity contribution < 1.29 is 27.4 Å². The second-order valence-electron chi connectivity index (χ2n) is 4.60. The smallest absolute Gasteiger partial charge is 0.376 e. The van der Waals surface area contributed by atoms with Gasteiger partial charge in [-0.1, -0.05) is 0 Å². The van der Waals surface area contributed by atoms with Gasteiger partial charge in [-0.3, -0.25) is 4.74 Å². The van der Waals surface area contributed by atoms with Crippen molar-refractivity contribution in [3.63, 3.8) is 0 Å². The van der Waals surface area contributed by atoms with E-state index >= 15 is 0 Å². The van der Waals surface area contributed by atoms with E-state index < -0.39 is 12.5 Å². The molecule has 0 N–H and O–H groups in total. The minimum absolute atomic E-state index is 0.104.